The van der Waals surface area contributed by atoms with E-state index in [1.807, 2.05) is 84.9 Å². The Bertz CT molecular complexity index is 1080. The minimum atomic E-state index is -1.18. The van der Waals surface area contributed by atoms with Gasteiger partial charge in [-0.1, -0.05) is 84.9 Å². The third-order valence-electron chi connectivity index (χ3n) is 6.74. The van der Waals surface area contributed by atoms with Crippen LogP contribution in [0.1, 0.15) is 36.1 Å². The maximum Gasteiger partial charge on any atom is 0.313 e. The highest BCUT2D eigenvalue weighted by Crippen LogP contribution is 2.68. The summed E-state index contributed by atoms with van der Waals surface area (Å²) in [6.07, 6.45) is 0. The molecule has 3 aromatic rings. The lowest BCUT2D eigenvalue weighted by atomic mass is 9.60. The number of fused-ring (bicyclic) bond motifs is 5. The molecule has 3 aromatic carbocycles. The highest BCUT2D eigenvalue weighted by Gasteiger charge is 2.75. The molecule has 0 saturated carbocycles. The summed E-state index contributed by atoms with van der Waals surface area (Å²) >= 11 is 0. The van der Waals surface area contributed by atoms with E-state index in [0.717, 1.165) is 22.3 Å². The van der Waals surface area contributed by atoms with Crippen LogP contribution in [-0.2, 0) is 35.0 Å². The summed E-state index contributed by atoms with van der Waals surface area (Å²) in [5.41, 5.74) is 0.993. The van der Waals surface area contributed by atoms with Crippen LogP contribution in [0.2, 0.25) is 0 Å². The quantitative estimate of drug-likeness (QED) is 0.523. The Balaban J connectivity index is 1.88. The number of hydrogen-bond donors (Lipinski definition) is 0. The van der Waals surface area contributed by atoms with Gasteiger partial charge in [-0.2, -0.15) is 0 Å². The lowest BCUT2D eigenvalue weighted by Gasteiger charge is -2.38. The lowest BCUT2D eigenvalue weighted by molar-refractivity contribution is -0.162. The Kier molecular flexibility index (Phi) is 5.29. The fourth-order valence-corrected chi connectivity index (χ4v) is 5.65. The molecule has 1 saturated heterocycles. The molecule has 33 heavy (non-hydrogen) atoms. The standard InChI is InChI=1S/C28H26O5/c1-3-31-25(29)23-24(26(30)32-4-2)28(20-15-9-6-10-16-20)22-18-12-11-17-21(22)27(23,33-28)19-13-7-5-8-14-19/h5-18,23-24H,3-4H2,1-2H3/t23-,24-,27-,28-/m0/s1. The third-order valence-corrected chi connectivity index (χ3v) is 6.74. The number of esters is 2. The molecular weight excluding hydrogens is 416 g/mol. The summed E-state index contributed by atoms with van der Waals surface area (Å²) in [5, 5.41) is 0. The van der Waals surface area contributed by atoms with Crippen molar-refractivity contribution < 1.29 is 23.8 Å². The molecule has 0 N–H and O–H groups in total. The van der Waals surface area contributed by atoms with Crippen LogP contribution in [0.4, 0.5) is 0 Å². The molecule has 0 radical (unpaired) electrons. The maximum absolute atomic E-state index is 13.6. The van der Waals surface area contributed by atoms with Gasteiger partial charge in [-0.15, -0.1) is 0 Å². The van der Waals surface area contributed by atoms with E-state index in [-0.39, 0.29) is 13.2 Å². The Morgan fingerprint density at radius 1 is 0.667 bits per heavy atom. The number of hydrogen-bond acceptors (Lipinski definition) is 5. The zero-order valence-corrected chi connectivity index (χ0v) is 18.7. The topological polar surface area (TPSA) is 61.8 Å². The molecule has 168 valence electrons. The molecule has 5 rings (SSSR count). The molecule has 4 atom stereocenters. The Labute approximate surface area is 193 Å². The van der Waals surface area contributed by atoms with E-state index in [1.165, 1.54) is 0 Å². The van der Waals surface area contributed by atoms with Crippen molar-refractivity contribution in [1.29, 1.82) is 0 Å². The molecule has 2 heterocycles. The summed E-state index contributed by atoms with van der Waals surface area (Å²) < 4.78 is 18.2. The van der Waals surface area contributed by atoms with Crippen LogP contribution in [-0.4, -0.2) is 25.2 Å². The third kappa shape index (κ3) is 2.89. The van der Waals surface area contributed by atoms with E-state index in [0.29, 0.717) is 0 Å². The van der Waals surface area contributed by atoms with E-state index in [9.17, 15) is 9.59 Å². The molecule has 5 nitrogen and oxygen atoms in total. The SMILES string of the molecule is CCOC(=O)[C@@H]1[C@@H](C(=O)OCC)[C@@]2(c3ccccc3)O[C@@]1(c1ccccc1)c1ccccc12. The lowest BCUT2D eigenvalue weighted by Crippen LogP contribution is -2.49. The van der Waals surface area contributed by atoms with E-state index in [2.05, 4.69) is 0 Å². The first-order chi connectivity index (χ1) is 16.1. The number of carbonyl (C=O) groups excluding carboxylic acids is 2. The van der Waals surface area contributed by atoms with Gasteiger partial charge in [0.15, 0.2) is 0 Å². The normalized spacial score (nSPS) is 27.1. The highest BCUT2D eigenvalue weighted by molar-refractivity contribution is 5.89. The van der Waals surface area contributed by atoms with Crippen molar-refractivity contribution in [3.8, 4) is 0 Å². The van der Waals surface area contributed by atoms with Crippen LogP contribution < -0.4 is 0 Å². The van der Waals surface area contributed by atoms with Gasteiger partial charge >= 0.3 is 11.9 Å². The molecule has 0 aliphatic carbocycles. The second-order valence-corrected chi connectivity index (χ2v) is 8.31. The first-order valence-electron chi connectivity index (χ1n) is 11.4. The molecule has 0 unspecified atom stereocenters. The van der Waals surface area contributed by atoms with E-state index < -0.39 is 35.0 Å². The van der Waals surface area contributed by atoms with Gasteiger partial charge in [-0.3, -0.25) is 9.59 Å². The van der Waals surface area contributed by atoms with Crippen LogP contribution >= 0.6 is 0 Å². The summed E-state index contributed by atoms with van der Waals surface area (Å²) in [4.78, 5) is 27.2. The first-order valence-corrected chi connectivity index (χ1v) is 11.4. The number of rotatable bonds is 6. The van der Waals surface area contributed by atoms with Gasteiger partial charge < -0.3 is 14.2 Å². The summed E-state index contributed by atoms with van der Waals surface area (Å²) in [5.74, 6) is -2.75. The van der Waals surface area contributed by atoms with E-state index >= 15 is 0 Å². The monoisotopic (exact) mass is 442 g/mol. The van der Waals surface area contributed by atoms with Crippen molar-refractivity contribution in [1.82, 2.24) is 0 Å². The van der Waals surface area contributed by atoms with Crippen molar-refractivity contribution >= 4 is 11.9 Å². The molecule has 2 aliphatic heterocycles. The van der Waals surface area contributed by atoms with Crippen molar-refractivity contribution in [2.24, 2.45) is 11.8 Å². The molecule has 5 heteroatoms. The van der Waals surface area contributed by atoms with Crippen LogP contribution in [0.25, 0.3) is 0 Å². The van der Waals surface area contributed by atoms with Crippen LogP contribution in [0.3, 0.4) is 0 Å². The molecule has 0 aromatic heterocycles. The summed E-state index contributed by atoms with van der Waals surface area (Å²) in [6.45, 7) is 3.94. The number of carbonyl (C=O) groups is 2. The van der Waals surface area contributed by atoms with Gasteiger partial charge in [0.2, 0.25) is 0 Å². The van der Waals surface area contributed by atoms with Crippen LogP contribution in [0, 0.1) is 11.8 Å². The average Bonchev–Trinajstić information content (AvgIpc) is 3.35. The van der Waals surface area contributed by atoms with Crippen molar-refractivity contribution in [3.63, 3.8) is 0 Å². The summed E-state index contributed by atoms with van der Waals surface area (Å²) in [6, 6.07) is 27.1. The Morgan fingerprint density at radius 3 is 1.39 bits per heavy atom. The summed E-state index contributed by atoms with van der Waals surface area (Å²) in [7, 11) is 0. The van der Waals surface area contributed by atoms with Gasteiger partial charge in [-0.05, 0) is 36.1 Å². The minimum Gasteiger partial charge on any atom is -0.466 e. The van der Waals surface area contributed by atoms with Crippen molar-refractivity contribution in [2.75, 3.05) is 13.2 Å². The maximum atomic E-state index is 13.6. The number of benzene rings is 3. The second-order valence-electron chi connectivity index (χ2n) is 8.31. The van der Waals surface area contributed by atoms with Gasteiger partial charge in [0.05, 0.1) is 13.2 Å². The average molecular weight is 443 g/mol. The molecule has 1 fully saturated rings. The molecular formula is C28H26O5. The molecule has 0 amide bonds. The predicted molar refractivity (Wildman–Crippen MR) is 122 cm³/mol. The van der Waals surface area contributed by atoms with Crippen molar-refractivity contribution in [3.05, 3.63) is 107 Å². The highest BCUT2D eigenvalue weighted by atomic mass is 16.6. The minimum absolute atomic E-state index is 0.204. The first kappa shape index (κ1) is 21.4. The zero-order valence-electron chi connectivity index (χ0n) is 18.7. The van der Waals surface area contributed by atoms with Gasteiger partial charge in [0.25, 0.3) is 0 Å². The number of ether oxygens (including phenoxy) is 3. The molecule has 0 spiro atoms. The Hall–Kier alpha value is -3.44. The largest absolute Gasteiger partial charge is 0.466 e. The molecule has 2 aliphatic rings. The van der Waals surface area contributed by atoms with E-state index in [1.54, 1.807) is 13.8 Å². The smallest absolute Gasteiger partial charge is 0.313 e. The molecule has 2 bridgehead atoms. The Morgan fingerprint density at radius 2 is 1.03 bits per heavy atom. The van der Waals surface area contributed by atoms with Crippen molar-refractivity contribution in [2.45, 2.75) is 25.0 Å². The predicted octanol–water partition coefficient (Wildman–Crippen LogP) is 4.58. The van der Waals surface area contributed by atoms with Crippen LogP contribution in [0.5, 0.6) is 0 Å². The fourth-order valence-electron chi connectivity index (χ4n) is 5.65. The zero-order chi connectivity index (χ0) is 23.1. The van der Waals surface area contributed by atoms with Gasteiger partial charge in [0.1, 0.15) is 23.0 Å². The van der Waals surface area contributed by atoms with E-state index in [4.69, 9.17) is 14.2 Å². The fraction of sp³-hybridized carbons (Fsp3) is 0.286. The van der Waals surface area contributed by atoms with Gasteiger partial charge in [-0.25, -0.2) is 0 Å². The van der Waals surface area contributed by atoms with Gasteiger partial charge in [0, 0.05) is 0 Å². The second kappa shape index (κ2) is 8.16. The van der Waals surface area contributed by atoms with Crippen LogP contribution in [0.15, 0.2) is 84.9 Å².